The van der Waals surface area contributed by atoms with Gasteiger partial charge in [-0.2, -0.15) is 4.31 Å². The Hall–Kier alpha value is -2.92. The van der Waals surface area contributed by atoms with Gasteiger partial charge in [0.2, 0.25) is 10.0 Å². The van der Waals surface area contributed by atoms with E-state index in [4.69, 9.17) is 9.15 Å². The minimum Gasteiger partial charge on any atom is -0.464 e. The molecule has 0 bridgehead atoms. The number of fused-ring (bicyclic) bond motifs is 2. The van der Waals surface area contributed by atoms with Crippen molar-refractivity contribution < 1.29 is 27.5 Å². The van der Waals surface area contributed by atoms with E-state index in [1.54, 1.807) is 24.0 Å². The molecule has 39 heavy (non-hydrogen) atoms. The van der Waals surface area contributed by atoms with Gasteiger partial charge in [0.1, 0.15) is 5.58 Å². The van der Waals surface area contributed by atoms with Crippen LogP contribution in [0.5, 0.6) is 0 Å². The topological polar surface area (TPSA) is 104 Å². The lowest BCUT2D eigenvalue weighted by molar-refractivity contribution is -0.0296. The molecule has 0 aliphatic carbocycles. The van der Waals surface area contributed by atoms with E-state index < -0.39 is 15.6 Å². The number of rotatable bonds is 8. The van der Waals surface area contributed by atoms with Crippen molar-refractivity contribution in [2.75, 3.05) is 46.4 Å². The highest BCUT2D eigenvalue weighted by molar-refractivity contribution is 7.89. The summed E-state index contributed by atoms with van der Waals surface area (Å²) in [5.74, 6) is 0. The zero-order chi connectivity index (χ0) is 27.6. The molecule has 2 aliphatic rings. The number of amides is 1. The number of carbonyl (C=O) groups is 1. The Bertz CT molecular complexity index is 1430. The first-order chi connectivity index (χ1) is 18.7. The molecule has 10 heteroatoms. The van der Waals surface area contributed by atoms with Crippen LogP contribution in [0.25, 0.3) is 11.0 Å². The first kappa shape index (κ1) is 27.6. The normalized spacial score (nSPS) is 17.9. The van der Waals surface area contributed by atoms with Gasteiger partial charge in [0.25, 0.3) is 0 Å². The lowest BCUT2D eigenvalue weighted by Gasteiger charge is -2.40. The van der Waals surface area contributed by atoms with Crippen LogP contribution in [-0.4, -0.2) is 85.7 Å². The Morgan fingerprint density at radius 1 is 1.13 bits per heavy atom. The average molecular weight is 556 g/mol. The van der Waals surface area contributed by atoms with E-state index in [1.807, 2.05) is 30.5 Å². The van der Waals surface area contributed by atoms with Crippen molar-refractivity contribution in [1.29, 1.82) is 0 Å². The first-order valence-electron chi connectivity index (χ1n) is 13.6. The number of piperidine rings is 1. The summed E-state index contributed by atoms with van der Waals surface area (Å²) in [5, 5.41) is 12.5. The second kappa shape index (κ2) is 11.3. The molecule has 210 valence electrons. The Kier molecular flexibility index (Phi) is 8.00. The maximum atomic E-state index is 13.6. The molecular formula is C29H37N3O6S. The van der Waals surface area contributed by atoms with Crippen LogP contribution in [0, 0.1) is 0 Å². The summed E-state index contributed by atoms with van der Waals surface area (Å²) >= 11 is 0. The van der Waals surface area contributed by atoms with Gasteiger partial charge in [0.15, 0.2) is 0 Å². The number of carbonyl (C=O) groups excluding carboxylic acids is 1. The Morgan fingerprint density at radius 3 is 2.67 bits per heavy atom. The summed E-state index contributed by atoms with van der Waals surface area (Å²) in [6.07, 6.45) is 3.72. The van der Waals surface area contributed by atoms with Crippen LogP contribution in [0.4, 0.5) is 4.79 Å². The number of aliphatic hydroxyl groups is 1. The highest BCUT2D eigenvalue weighted by atomic mass is 32.2. The summed E-state index contributed by atoms with van der Waals surface area (Å²) in [6.45, 7) is 5.06. The van der Waals surface area contributed by atoms with Gasteiger partial charge in [-0.05, 0) is 61.4 Å². The number of hydrogen-bond acceptors (Lipinski definition) is 7. The second-order valence-corrected chi connectivity index (χ2v) is 12.6. The number of likely N-dealkylation sites (tertiary alicyclic amines) is 1. The average Bonchev–Trinajstić information content (AvgIpc) is 3.35. The number of sulfonamides is 1. The number of furan rings is 1. The predicted molar refractivity (Wildman–Crippen MR) is 148 cm³/mol. The Balaban J connectivity index is 1.19. The fraction of sp³-hybridized carbons (Fsp3) is 0.483. The molecule has 3 aromatic rings. The molecule has 3 heterocycles. The third-order valence-electron chi connectivity index (χ3n) is 8.00. The van der Waals surface area contributed by atoms with Crippen molar-refractivity contribution in [2.24, 2.45) is 0 Å². The monoisotopic (exact) mass is 555 g/mol. The smallest absolute Gasteiger partial charge is 0.410 e. The maximum absolute atomic E-state index is 13.6. The number of benzene rings is 2. The molecular weight excluding hydrogens is 518 g/mol. The molecule has 1 saturated heterocycles. The number of likely N-dealkylation sites (N-methyl/N-ethyl adjacent to an activating group) is 1. The number of nitrogens with zero attached hydrogens (tertiary/aromatic N) is 3. The van der Waals surface area contributed by atoms with Crippen molar-refractivity contribution in [3.05, 3.63) is 65.4 Å². The van der Waals surface area contributed by atoms with Gasteiger partial charge in [-0.15, -0.1) is 0 Å². The first-order valence-corrected chi connectivity index (χ1v) is 15.0. The van der Waals surface area contributed by atoms with Crippen LogP contribution < -0.4 is 0 Å². The van der Waals surface area contributed by atoms with E-state index in [-0.39, 0.29) is 17.5 Å². The highest BCUT2D eigenvalue weighted by Gasteiger charge is 2.37. The third kappa shape index (κ3) is 5.84. The fourth-order valence-electron chi connectivity index (χ4n) is 5.71. The maximum Gasteiger partial charge on any atom is 0.410 e. The van der Waals surface area contributed by atoms with E-state index in [9.17, 15) is 18.3 Å². The fourth-order valence-corrected chi connectivity index (χ4v) is 7.25. The van der Waals surface area contributed by atoms with Crippen molar-refractivity contribution in [3.63, 3.8) is 0 Å². The van der Waals surface area contributed by atoms with Gasteiger partial charge in [0.05, 0.1) is 23.4 Å². The molecule has 0 unspecified atom stereocenters. The molecule has 1 N–H and O–H groups in total. The Labute approximate surface area is 230 Å². The summed E-state index contributed by atoms with van der Waals surface area (Å²) in [7, 11) is -2.29. The molecule has 1 amide bonds. The molecule has 1 aromatic heterocycles. The molecule has 1 fully saturated rings. The molecule has 5 rings (SSSR count). The SMILES string of the molecule is CCOC(=O)N1CCc2c(cccc2S(=O)(=O)N(C)CC2(O)CCN(CCc3coc4ccccc34)CC2)C1. The lowest BCUT2D eigenvalue weighted by atomic mass is 9.91. The van der Waals surface area contributed by atoms with E-state index >= 15 is 0 Å². The van der Waals surface area contributed by atoms with Gasteiger partial charge in [-0.25, -0.2) is 13.2 Å². The number of ether oxygens (including phenoxy) is 1. The van der Waals surface area contributed by atoms with E-state index in [2.05, 4.69) is 11.0 Å². The van der Waals surface area contributed by atoms with Gasteiger partial charge in [0, 0.05) is 51.7 Å². The van der Waals surface area contributed by atoms with Crippen LogP contribution in [-0.2, 0) is 34.1 Å². The van der Waals surface area contributed by atoms with Gasteiger partial charge in [-0.1, -0.05) is 30.3 Å². The summed E-state index contributed by atoms with van der Waals surface area (Å²) in [4.78, 5) is 16.3. The van der Waals surface area contributed by atoms with Crippen LogP contribution in [0.2, 0.25) is 0 Å². The number of para-hydroxylation sites is 1. The second-order valence-electron chi connectivity index (χ2n) is 10.6. The van der Waals surface area contributed by atoms with E-state index in [0.29, 0.717) is 52.0 Å². The predicted octanol–water partition coefficient (Wildman–Crippen LogP) is 3.64. The molecule has 2 aromatic carbocycles. The van der Waals surface area contributed by atoms with E-state index in [1.165, 1.54) is 16.9 Å². The zero-order valence-corrected chi connectivity index (χ0v) is 23.5. The minimum absolute atomic E-state index is 0.0359. The highest BCUT2D eigenvalue weighted by Crippen LogP contribution is 2.31. The largest absolute Gasteiger partial charge is 0.464 e. The molecule has 0 saturated carbocycles. The lowest BCUT2D eigenvalue weighted by Crippen LogP contribution is -2.51. The van der Waals surface area contributed by atoms with Crippen molar-refractivity contribution in [2.45, 2.75) is 49.6 Å². The minimum atomic E-state index is -3.83. The quantitative estimate of drug-likeness (QED) is 0.453. The molecule has 9 nitrogen and oxygen atoms in total. The van der Waals surface area contributed by atoms with Gasteiger partial charge >= 0.3 is 6.09 Å². The van der Waals surface area contributed by atoms with E-state index in [0.717, 1.165) is 35.1 Å². The summed E-state index contributed by atoms with van der Waals surface area (Å²) in [5.41, 5.74) is 2.52. The Morgan fingerprint density at radius 2 is 1.90 bits per heavy atom. The van der Waals surface area contributed by atoms with Crippen molar-refractivity contribution in [3.8, 4) is 0 Å². The molecule has 0 spiro atoms. The summed E-state index contributed by atoms with van der Waals surface area (Å²) in [6, 6.07) is 13.2. The molecule has 0 radical (unpaired) electrons. The molecule has 0 atom stereocenters. The van der Waals surface area contributed by atoms with Crippen LogP contribution in [0.3, 0.4) is 0 Å². The van der Waals surface area contributed by atoms with Crippen molar-refractivity contribution in [1.82, 2.24) is 14.1 Å². The third-order valence-corrected chi connectivity index (χ3v) is 9.89. The van der Waals surface area contributed by atoms with Crippen LogP contribution in [0.1, 0.15) is 36.5 Å². The van der Waals surface area contributed by atoms with Gasteiger partial charge < -0.3 is 24.1 Å². The van der Waals surface area contributed by atoms with Crippen LogP contribution in [0.15, 0.2) is 58.0 Å². The summed E-state index contributed by atoms with van der Waals surface area (Å²) < 4.78 is 39.3. The van der Waals surface area contributed by atoms with Crippen molar-refractivity contribution >= 4 is 27.1 Å². The standard InChI is InChI=1S/C29H37N3O6S/c1-3-37-28(33)32-16-12-25-22(19-32)7-6-10-27(25)39(35,36)30(2)21-29(34)13-17-31(18-14-29)15-11-23-20-38-26-9-5-4-8-24(23)26/h4-10,20,34H,3,11-19,21H2,1-2H3. The molecule has 2 aliphatic heterocycles. The van der Waals surface area contributed by atoms with Gasteiger partial charge in [-0.3, -0.25) is 0 Å². The number of hydrogen-bond donors (Lipinski definition) is 1. The zero-order valence-electron chi connectivity index (χ0n) is 22.6. The van der Waals surface area contributed by atoms with Crippen LogP contribution >= 0.6 is 0 Å².